The van der Waals surface area contributed by atoms with Crippen LogP contribution in [-0.2, 0) is 39.6 Å². The van der Waals surface area contributed by atoms with Crippen LogP contribution in [-0.4, -0.2) is 0 Å². The first-order valence-corrected chi connectivity index (χ1v) is 1.19. The quantitative estimate of drug-likeness (QED) is 0.344. The molecular weight excluding hydrogens is 151 g/mol. The Balaban J connectivity index is -0.00000000500. The van der Waals surface area contributed by atoms with Crippen LogP contribution in [0.15, 0.2) is 0 Å². The van der Waals surface area contributed by atoms with Crippen molar-refractivity contribution in [2.24, 2.45) is 0 Å². The van der Waals surface area contributed by atoms with E-state index in [0.29, 0.717) is 0 Å². The predicted octanol–water partition coefficient (Wildman–Crippen LogP) is -3.13. The van der Waals surface area contributed by atoms with E-state index in [2.05, 4.69) is 0 Å². The Bertz CT molecular complexity index is 13.5. The van der Waals surface area contributed by atoms with Crippen molar-refractivity contribution in [3.8, 4) is 0 Å². The summed E-state index contributed by atoms with van der Waals surface area (Å²) < 4.78 is 16.0. The topological polar surface area (TPSA) is 34.1 Å². The van der Waals surface area contributed by atoms with Crippen molar-refractivity contribution < 1.29 is 59.8 Å². The Morgan fingerprint density at radius 2 is 1.00 bits per heavy atom. The zero-order chi connectivity index (χ0) is 4.00. The third-order valence-corrected chi connectivity index (χ3v) is 0. The van der Waals surface area contributed by atoms with Crippen LogP contribution >= 0.6 is 0 Å². The molecule has 0 unspecified atom stereocenters. The zero-order valence-electron chi connectivity index (χ0n) is 3.52. The molecule has 0 aliphatic carbocycles. The van der Waals surface area contributed by atoms with E-state index < -0.39 is 0 Å². The Kier molecular flexibility index (Phi) is 201. The molecule has 0 aromatic carbocycles. The van der Waals surface area contributed by atoms with E-state index in [1.54, 1.807) is 0 Å². The van der Waals surface area contributed by atoms with Gasteiger partial charge in [0.15, 0.2) is 0 Å². The maximum atomic E-state index is 8.00. The van der Waals surface area contributed by atoms with E-state index in [0.717, 1.165) is 0 Å². The van der Waals surface area contributed by atoms with Crippen molar-refractivity contribution in [2.45, 2.75) is 0 Å². The monoisotopic (exact) mass is 152 g/mol. The van der Waals surface area contributed by atoms with Crippen molar-refractivity contribution in [3.05, 3.63) is 0 Å². The molecule has 0 heterocycles. The second-order valence-electron chi connectivity index (χ2n) is 0. The Labute approximate surface area is 59.8 Å². The maximum absolute atomic E-state index is 8.00. The van der Waals surface area contributed by atoms with Gasteiger partial charge in [0.05, 0.1) is 0 Å². The molecule has 5 heteroatoms. The molecule has 0 saturated carbocycles. The molecule has 0 aliphatic rings. The molecule has 0 aromatic heterocycles. The average molecular weight is 152 g/mol. The van der Waals surface area contributed by atoms with Gasteiger partial charge in [0.25, 0.3) is 0 Å². The van der Waals surface area contributed by atoms with Crippen molar-refractivity contribution in [1.82, 2.24) is 0 Å². The van der Waals surface area contributed by atoms with Crippen molar-refractivity contribution in [2.75, 3.05) is 0 Å². The van der Waals surface area contributed by atoms with E-state index in [9.17, 15) is 0 Å². The predicted molar refractivity (Wildman–Crippen MR) is 2.49 cm³/mol. The van der Waals surface area contributed by atoms with Crippen LogP contribution in [0.2, 0.25) is 0 Å². The minimum atomic E-state index is 0. The van der Waals surface area contributed by atoms with Crippen LogP contribution in [0, 0.1) is 0 Å². The number of hydrogen-bond acceptors (Lipinski definition) is 2. The first-order valence-electron chi connectivity index (χ1n) is 0.289. The fraction of sp³-hybridized carbons (Fsp3) is 0. The van der Waals surface area contributed by atoms with Crippen LogP contribution in [0.3, 0.4) is 0 Å². The van der Waals surface area contributed by atoms with Crippen LogP contribution in [0.5, 0.6) is 0 Å². The third kappa shape index (κ3) is 35.9. The fourth-order valence-corrected chi connectivity index (χ4v) is 0. The van der Waals surface area contributed by atoms with Gasteiger partial charge in [0, 0.05) is 0 Å². The molecule has 0 radical (unpaired) electrons. The summed E-state index contributed by atoms with van der Waals surface area (Å²) in [4.78, 5) is 0. The summed E-state index contributed by atoms with van der Waals surface area (Å²) >= 11 is 4.00. The Hall–Kier alpha value is 1.24. The van der Waals surface area contributed by atoms with Gasteiger partial charge in [-0.25, -0.2) is 0 Å². The summed E-state index contributed by atoms with van der Waals surface area (Å²) in [5.41, 5.74) is 0. The summed E-state index contributed by atoms with van der Waals surface area (Å²) in [5.74, 6) is 0. The van der Waals surface area contributed by atoms with Crippen molar-refractivity contribution in [3.63, 3.8) is 0 Å². The molecule has 0 amide bonds. The van der Waals surface area contributed by atoms with Crippen molar-refractivity contribution >= 4 is 0 Å². The molecule has 2 nitrogen and oxygen atoms in total. The van der Waals surface area contributed by atoms with Crippen LogP contribution in [0.25, 0.3) is 0 Å². The summed E-state index contributed by atoms with van der Waals surface area (Å²) in [6, 6.07) is 0. The van der Waals surface area contributed by atoms with Gasteiger partial charge in [-0.3, -0.25) is 0 Å². The summed E-state index contributed by atoms with van der Waals surface area (Å²) in [6.45, 7) is 0. The first-order chi connectivity index (χ1) is 2.00. The molecule has 0 saturated heterocycles. The van der Waals surface area contributed by atoms with Gasteiger partial charge in [0.1, 0.15) is 0 Å². The van der Waals surface area contributed by atoms with Gasteiger partial charge in [-0.05, 0) is 0 Å². The van der Waals surface area contributed by atoms with Crippen LogP contribution in [0.1, 0.15) is 1.43 Å². The average Bonchev–Trinajstić information content (AvgIpc) is 1.50. The van der Waals surface area contributed by atoms with E-state index in [1.165, 1.54) is 0 Å². The molecule has 0 aliphatic heterocycles. The fourth-order valence-electron chi connectivity index (χ4n) is 0. The van der Waals surface area contributed by atoms with Gasteiger partial charge in [0.2, 0.25) is 0 Å². The van der Waals surface area contributed by atoms with Crippen LogP contribution < -0.4 is 18.9 Å². The van der Waals surface area contributed by atoms with E-state index in [-0.39, 0.29) is 20.3 Å². The molecule has 0 N–H and O–H groups in total. The van der Waals surface area contributed by atoms with Gasteiger partial charge < -0.3 is 1.43 Å². The Morgan fingerprint density at radius 3 is 1.00 bits per heavy atom. The SMILES string of the molecule is [H-].[Li+].[O]=[Fe].[O]=[Fe]. The van der Waals surface area contributed by atoms with E-state index in [4.69, 9.17) is 7.67 Å². The number of rotatable bonds is 0. The molecule has 5 heavy (non-hydrogen) atoms. The molecule has 30 valence electrons. The molecule has 0 aromatic rings. The minimum absolute atomic E-state index is 0. The molecule has 0 spiro atoms. The Morgan fingerprint density at radius 1 is 1.00 bits per heavy atom. The number of hydrogen-bond donors (Lipinski definition) is 0. The van der Waals surface area contributed by atoms with Gasteiger partial charge >= 0.3 is 58.4 Å². The van der Waals surface area contributed by atoms with E-state index >= 15 is 0 Å². The summed E-state index contributed by atoms with van der Waals surface area (Å²) in [5, 5.41) is 0. The van der Waals surface area contributed by atoms with Gasteiger partial charge in [-0.1, -0.05) is 0 Å². The summed E-state index contributed by atoms with van der Waals surface area (Å²) in [6.07, 6.45) is 0. The van der Waals surface area contributed by atoms with Crippen LogP contribution in [0.4, 0.5) is 0 Å². The normalized spacial score (nSPS) is 2.00. The molecule has 0 rings (SSSR count). The molecule has 0 atom stereocenters. The standard InChI is InChI=1S/2Fe.Li.2O.H/q;;+1;;;-1. The zero-order valence-corrected chi connectivity index (χ0v) is 4.73. The summed E-state index contributed by atoms with van der Waals surface area (Å²) in [7, 11) is 0. The molecule has 0 bridgehead atoms. The first kappa shape index (κ1) is 16.3. The van der Waals surface area contributed by atoms with Gasteiger partial charge in [-0.2, -0.15) is 0 Å². The molecule has 0 fully saturated rings. The van der Waals surface area contributed by atoms with Gasteiger partial charge in [-0.15, -0.1) is 0 Å². The second-order valence-corrected chi connectivity index (χ2v) is 0. The van der Waals surface area contributed by atoms with E-state index in [1.807, 2.05) is 31.9 Å². The molecular formula is HFe2LiO2. The second kappa shape index (κ2) is 61.5. The van der Waals surface area contributed by atoms with Crippen molar-refractivity contribution in [1.29, 1.82) is 0 Å². The third-order valence-electron chi connectivity index (χ3n) is 0.